The van der Waals surface area contributed by atoms with Crippen LogP contribution in [0.15, 0.2) is 0 Å². The van der Waals surface area contributed by atoms with Crippen LogP contribution in [-0.2, 0) is 9.53 Å². The molecule has 0 aromatic carbocycles. The topological polar surface area (TPSA) is 64.4 Å². The van der Waals surface area contributed by atoms with Crippen molar-refractivity contribution in [1.82, 2.24) is 5.32 Å². The largest absolute Gasteiger partial charge is 0.379 e. The molecule has 19 heavy (non-hydrogen) atoms. The van der Waals surface area contributed by atoms with Crippen molar-refractivity contribution in [2.24, 2.45) is 17.1 Å². The molecule has 0 aromatic heterocycles. The Morgan fingerprint density at radius 1 is 1.32 bits per heavy atom. The summed E-state index contributed by atoms with van der Waals surface area (Å²) in [7, 11) is 0. The zero-order valence-corrected chi connectivity index (χ0v) is 12.3. The van der Waals surface area contributed by atoms with E-state index in [1.165, 1.54) is 32.1 Å². The van der Waals surface area contributed by atoms with Gasteiger partial charge in [0.25, 0.3) is 0 Å². The van der Waals surface area contributed by atoms with E-state index in [4.69, 9.17) is 10.5 Å². The summed E-state index contributed by atoms with van der Waals surface area (Å²) in [5, 5.41) is 3.11. The smallest absolute Gasteiger partial charge is 0.242 e. The van der Waals surface area contributed by atoms with Crippen molar-refractivity contribution in [2.45, 2.75) is 57.9 Å². The molecule has 0 aromatic rings. The van der Waals surface area contributed by atoms with Crippen LogP contribution in [0.3, 0.4) is 0 Å². The van der Waals surface area contributed by atoms with Gasteiger partial charge in [-0.3, -0.25) is 4.79 Å². The minimum Gasteiger partial charge on any atom is -0.379 e. The highest BCUT2D eigenvalue weighted by molar-refractivity contribution is 5.86. The first-order valence-electron chi connectivity index (χ1n) is 7.61. The Morgan fingerprint density at radius 2 is 2.00 bits per heavy atom. The maximum atomic E-state index is 12.2. The van der Waals surface area contributed by atoms with E-state index in [-0.39, 0.29) is 5.91 Å². The summed E-state index contributed by atoms with van der Waals surface area (Å²) in [5.74, 6) is 0.650. The summed E-state index contributed by atoms with van der Waals surface area (Å²) in [6.45, 7) is 6.26. The van der Waals surface area contributed by atoms with Crippen molar-refractivity contribution < 1.29 is 9.53 Å². The van der Waals surface area contributed by atoms with Gasteiger partial charge in [0.05, 0.1) is 6.61 Å². The van der Waals surface area contributed by atoms with E-state index in [9.17, 15) is 4.79 Å². The number of ether oxygens (including phenoxy) is 1. The van der Waals surface area contributed by atoms with E-state index in [1.54, 1.807) is 0 Å². The Morgan fingerprint density at radius 3 is 2.53 bits per heavy atom. The lowest BCUT2D eigenvalue weighted by Crippen LogP contribution is -2.56. The third-order valence-corrected chi connectivity index (χ3v) is 4.63. The van der Waals surface area contributed by atoms with Crippen LogP contribution in [0.25, 0.3) is 0 Å². The molecule has 2 aliphatic rings. The normalized spacial score (nSPS) is 29.9. The number of nitrogens with one attached hydrogen (secondary N) is 1. The quantitative estimate of drug-likeness (QED) is 0.799. The zero-order chi connectivity index (χ0) is 13.9. The van der Waals surface area contributed by atoms with Gasteiger partial charge in [-0.15, -0.1) is 0 Å². The lowest BCUT2D eigenvalue weighted by molar-refractivity contribution is -0.127. The maximum Gasteiger partial charge on any atom is 0.242 e. The molecule has 1 saturated heterocycles. The van der Waals surface area contributed by atoms with Gasteiger partial charge in [0.1, 0.15) is 5.54 Å². The summed E-state index contributed by atoms with van der Waals surface area (Å²) in [6.07, 6.45) is 6.88. The molecule has 1 aliphatic carbocycles. The first kappa shape index (κ1) is 14.8. The molecule has 1 aliphatic heterocycles. The van der Waals surface area contributed by atoms with Gasteiger partial charge in [0.2, 0.25) is 5.91 Å². The van der Waals surface area contributed by atoms with E-state index in [2.05, 4.69) is 19.2 Å². The van der Waals surface area contributed by atoms with Crippen molar-refractivity contribution in [1.29, 1.82) is 0 Å². The van der Waals surface area contributed by atoms with Crippen molar-refractivity contribution in [3.63, 3.8) is 0 Å². The lowest BCUT2D eigenvalue weighted by Gasteiger charge is -2.32. The average molecular weight is 268 g/mol. The first-order valence-corrected chi connectivity index (χ1v) is 7.61. The van der Waals surface area contributed by atoms with Gasteiger partial charge in [-0.25, -0.2) is 0 Å². The molecule has 0 spiro atoms. The van der Waals surface area contributed by atoms with Crippen molar-refractivity contribution in [3.05, 3.63) is 0 Å². The molecule has 3 N–H and O–H groups in total. The highest BCUT2D eigenvalue weighted by atomic mass is 16.5. The highest BCUT2D eigenvalue weighted by Crippen LogP contribution is 2.42. The van der Waals surface area contributed by atoms with Gasteiger partial charge in [-0.1, -0.05) is 26.7 Å². The standard InChI is InChI=1S/C15H28N2O2/c1-12(2)9-14(5-3-4-6-14)10-17-13(18)15(16)7-8-19-11-15/h12H,3-11,16H2,1-2H3,(H,17,18). The Hall–Kier alpha value is -0.610. The highest BCUT2D eigenvalue weighted by Gasteiger charge is 2.40. The van der Waals surface area contributed by atoms with Gasteiger partial charge < -0.3 is 15.8 Å². The molecule has 4 nitrogen and oxygen atoms in total. The van der Waals surface area contributed by atoms with Gasteiger partial charge in [0, 0.05) is 13.2 Å². The van der Waals surface area contributed by atoms with Crippen molar-refractivity contribution in [3.8, 4) is 0 Å². The molecule has 110 valence electrons. The summed E-state index contributed by atoms with van der Waals surface area (Å²) in [6, 6.07) is 0. The van der Waals surface area contributed by atoms with Crippen LogP contribution in [0, 0.1) is 11.3 Å². The van der Waals surface area contributed by atoms with Crippen LogP contribution in [0.2, 0.25) is 0 Å². The third-order valence-electron chi connectivity index (χ3n) is 4.63. The SMILES string of the molecule is CC(C)CC1(CNC(=O)C2(N)CCOC2)CCCC1. The second-order valence-electron chi connectivity index (χ2n) is 6.95. The third kappa shape index (κ3) is 3.48. The van der Waals surface area contributed by atoms with Gasteiger partial charge >= 0.3 is 0 Å². The Bertz CT molecular complexity index is 316. The molecule has 1 amide bonds. The van der Waals surface area contributed by atoms with Crippen LogP contribution in [0.5, 0.6) is 0 Å². The van der Waals surface area contributed by atoms with Crippen molar-refractivity contribution in [2.75, 3.05) is 19.8 Å². The van der Waals surface area contributed by atoms with Crippen LogP contribution < -0.4 is 11.1 Å². The second kappa shape index (κ2) is 5.80. The fraction of sp³-hybridized carbons (Fsp3) is 0.933. The lowest BCUT2D eigenvalue weighted by atomic mass is 9.78. The number of nitrogens with two attached hydrogens (primary N) is 1. The molecule has 1 atom stereocenters. The second-order valence-corrected chi connectivity index (χ2v) is 6.95. The molecule has 4 heteroatoms. The minimum absolute atomic E-state index is 0.0277. The van der Waals surface area contributed by atoms with Gasteiger partial charge in [-0.05, 0) is 37.0 Å². The van der Waals surface area contributed by atoms with E-state index in [0.717, 1.165) is 6.54 Å². The van der Waals surface area contributed by atoms with E-state index in [0.29, 0.717) is 31.0 Å². The Kier molecular flexibility index (Phi) is 4.51. The van der Waals surface area contributed by atoms with Crippen LogP contribution in [0.4, 0.5) is 0 Å². The number of hydrogen-bond donors (Lipinski definition) is 2. The van der Waals surface area contributed by atoms with E-state index >= 15 is 0 Å². The molecule has 1 saturated carbocycles. The summed E-state index contributed by atoms with van der Waals surface area (Å²) in [5.41, 5.74) is 5.61. The van der Waals surface area contributed by atoms with Crippen molar-refractivity contribution >= 4 is 5.91 Å². The van der Waals surface area contributed by atoms with E-state index in [1.807, 2.05) is 0 Å². The molecular weight excluding hydrogens is 240 g/mol. The van der Waals surface area contributed by atoms with Crippen LogP contribution >= 0.6 is 0 Å². The first-order chi connectivity index (χ1) is 8.96. The molecule has 2 fully saturated rings. The number of rotatable bonds is 5. The van der Waals surface area contributed by atoms with Gasteiger partial charge in [-0.2, -0.15) is 0 Å². The molecule has 1 unspecified atom stereocenters. The molecule has 1 heterocycles. The number of carbonyl (C=O) groups is 1. The minimum atomic E-state index is -0.794. The average Bonchev–Trinajstić information content (AvgIpc) is 2.96. The maximum absolute atomic E-state index is 12.2. The summed E-state index contributed by atoms with van der Waals surface area (Å²) < 4.78 is 5.26. The summed E-state index contributed by atoms with van der Waals surface area (Å²) >= 11 is 0. The van der Waals surface area contributed by atoms with Crippen LogP contribution in [-0.4, -0.2) is 31.2 Å². The monoisotopic (exact) mass is 268 g/mol. The fourth-order valence-corrected chi connectivity index (χ4v) is 3.65. The molecule has 0 bridgehead atoms. The predicted molar refractivity (Wildman–Crippen MR) is 75.7 cm³/mol. The molecular formula is C15H28N2O2. The number of carbonyl (C=O) groups excluding carboxylic acids is 1. The Labute approximate surface area is 116 Å². The van der Waals surface area contributed by atoms with Gasteiger partial charge in [0.15, 0.2) is 0 Å². The molecule has 0 radical (unpaired) electrons. The zero-order valence-electron chi connectivity index (χ0n) is 12.3. The Balaban J connectivity index is 1.90. The fourth-order valence-electron chi connectivity index (χ4n) is 3.65. The van der Waals surface area contributed by atoms with E-state index < -0.39 is 5.54 Å². The molecule has 2 rings (SSSR count). The summed E-state index contributed by atoms with van der Waals surface area (Å²) in [4.78, 5) is 12.2. The van der Waals surface area contributed by atoms with Crippen LogP contribution in [0.1, 0.15) is 52.4 Å². The number of hydrogen-bond acceptors (Lipinski definition) is 3. The number of amides is 1. The predicted octanol–water partition coefficient (Wildman–Crippen LogP) is 1.83.